The molecule has 1 aromatic heterocycles. The predicted molar refractivity (Wildman–Crippen MR) is 88.9 cm³/mol. The SMILES string of the molecule is CC(=O)Nc1nnc(S(=O)(=O)NCCCN2CCC(C)CC2)s1. The number of carbonyl (C=O) groups is 1. The highest BCUT2D eigenvalue weighted by molar-refractivity contribution is 7.91. The Morgan fingerprint density at radius 1 is 1.35 bits per heavy atom. The number of hydrogen-bond acceptors (Lipinski definition) is 7. The first-order chi connectivity index (χ1) is 10.9. The van der Waals surface area contributed by atoms with Crippen molar-refractivity contribution in [3.63, 3.8) is 0 Å². The van der Waals surface area contributed by atoms with Gasteiger partial charge in [-0.25, -0.2) is 13.1 Å². The summed E-state index contributed by atoms with van der Waals surface area (Å²) in [6, 6.07) is 0. The van der Waals surface area contributed by atoms with Crippen LogP contribution >= 0.6 is 11.3 Å². The normalized spacial score (nSPS) is 17.3. The summed E-state index contributed by atoms with van der Waals surface area (Å²) in [5, 5.41) is 9.85. The van der Waals surface area contributed by atoms with Crippen LogP contribution in [0.2, 0.25) is 0 Å². The van der Waals surface area contributed by atoms with Gasteiger partial charge in [0.1, 0.15) is 0 Å². The van der Waals surface area contributed by atoms with E-state index in [4.69, 9.17) is 0 Å². The van der Waals surface area contributed by atoms with Gasteiger partial charge in [-0.3, -0.25) is 4.79 Å². The van der Waals surface area contributed by atoms with E-state index in [1.165, 1.54) is 19.8 Å². The Balaban J connectivity index is 1.75. The van der Waals surface area contributed by atoms with Gasteiger partial charge in [0.05, 0.1) is 0 Å². The molecular formula is C13H23N5O3S2. The lowest BCUT2D eigenvalue weighted by atomic mass is 9.99. The average Bonchev–Trinajstić information content (AvgIpc) is 2.94. The molecule has 23 heavy (non-hydrogen) atoms. The maximum atomic E-state index is 12.1. The first kappa shape index (κ1) is 18.2. The minimum absolute atomic E-state index is 0.131. The maximum Gasteiger partial charge on any atom is 0.269 e. The van der Waals surface area contributed by atoms with E-state index in [9.17, 15) is 13.2 Å². The van der Waals surface area contributed by atoms with Gasteiger partial charge in [-0.2, -0.15) is 0 Å². The zero-order valence-corrected chi connectivity index (χ0v) is 15.0. The van der Waals surface area contributed by atoms with Gasteiger partial charge in [0.2, 0.25) is 15.4 Å². The Labute approximate surface area is 140 Å². The lowest BCUT2D eigenvalue weighted by Gasteiger charge is -2.30. The fraction of sp³-hybridized carbons (Fsp3) is 0.769. The van der Waals surface area contributed by atoms with Crippen LogP contribution in [-0.4, -0.2) is 55.6 Å². The minimum atomic E-state index is -3.66. The predicted octanol–water partition coefficient (Wildman–Crippen LogP) is 0.897. The third kappa shape index (κ3) is 5.79. The Hall–Kier alpha value is -1.10. The van der Waals surface area contributed by atoms with E-state index in [0.29, 0.717) is 6.54 Å². The first-order valence-electron chi connectivity index (χ1n) is 7.70. The molecule has 2 rings (SSSR count). The zero-order chi connectivity index (χ0) is 16.9. The Bertz CT molecular complexity index is 623. The van der Waals surface area contributed by atoms with E-state index in [1.807, 2.05) is 0 Å². The molecule has 1 aliphatic rings. The first-order valence-corrected chi connectivity index (χ1v) is 10.00. The van der Waals surface area contributed by atoms with Gasteiger partial charge >= 0.3 is 0 Å². The summed E-state index contributed by atoms with van der Waals surface area (Å²) < 4.78 is 26.6. The number of rotatable bonds is 7. The molecule has 130 valence electrons. The molecule has 1 fully saturated rings. The summed E-state index contributed by atoms with van der Waals surface area (Å²) in [7, 11) is -3.66. The molecule has 10 heteroatoms. The number of amides is 1. The van der Waals surface area contributed by atoms with Crippen molar-refractivity contribution < 1.29 is 13.2 Å². The van der Waals surface area contributed by atoms with Crippen molar-refractivity contribution >= 4 is 32.4 Å². The molecule has 0 aromatic carbocycles. The molecular weight excluding hydrogens is 338 g/mol. The van der Waals surface area contributed by atoms with Crippen LogP contribution in [0.4, 0.5) is 5.13 Å². The van der Waals surface area contributed by atoms with Crippen LogP contribution in [0.3, 0.4) is 0 Å². The van der Waals surface area contributed by atoms with E-state index < -0.39 is 10.0 Å². The van der Waals surface area contributed by atoms with E-state index >= 15 is 0 Å². The molecule has 0 aliphatic carbocycles. The molecule has 0 bridgehead atoms. The van der Waals surface area contributed by atoms with Crippen LogP contribution in [0.15, 0.2) is 4.34 Å². The van der Waals surface area contributed by atoms with Gasteiger partial charge in [0.25, 0.3) is 10.0 Å². The van der Waals surface area contributed by atoms with Gasteiger partial charge < -0.3 is 10.2 Å². The number of likely N-dealkylation sites (tertiary alicyclic amines) is 1. The van der Waals surface area contributed by atoms with E-state index in [2.05, 4.69) is 32.1 Å². The fourth-order valence-corrected chi connectivity index (χ4v) is 4.44. The van der Waals surface area contributed by atoms with Gasteiger partial charge in [-0.1, -0.05) is 18.3 Å². The number of hydrogen-bond donors (Lipinski definition) is 2. The number of piperidine rings is 1. The summed E-state index contributed by atoms with van der Waals surface area (Å²) in [6.45, 7) is 7.03. The van der Waals surface area contributed by atoms with Crippen molar-refractivity contribution in [2.24, 2.45) is 5.92 Å². The van der Waals surface area contributed by atoms with Gasteiger partial charge in [-0.15, -0.1) is 10.2 Å². The standard InChI is InChI=1S/C13H23N5O3S2/c1-10-4-8-18(9-5-10)7-3-6-14-23(20,21)13-17-16-12(22-13)15-11(2)19/h10,14H,3-9H2,1-2H3,(H,15,16,19). The van der Waals surface area contributed by atoms with Crippen molar-refractivity contribution in [2.75, 3.05) is 31.5 Å². The molecule has 1 aliphatic heterocycles. The quantitative estimate of drug-likeness (QED) is 0.552. The third-order valence-electron chi connectivity index (χ3n) is 3.74. The lowest BCUT2D eigenvalue weighted by Crippen LogP contribution is -2.35. The molecule has 8 nitrogen and oxygen atoms in total. The number of aromatic nitrogens is 2. The van der Waals surface area contributed by atoms with Gasteiger partial charge in [0.15, 0.2) is 0 Å². The van der Waals surface area contributed by atoms with Crippen LogP contribution in [0.1, 0.15) is 33.1 Å². The molecule has 0 spiro atoms. The van der Waals surface area contributed by atoms with Gasteiger partial charge in [-0.05, 0) is 44.8 Å². The third-order valence-corrected chi connectivity index (χ3v) is 6.41. The second-order valence-corrected chi connectivity index (χ2v) is 8.75. The Morgan fingerprint density at radius 3 is 2.70 bits per heavy atom. The molecule has 1 amide bonds. The smallest absolute Gasteiger partial charge is 0.269 e. The topological polar surface area (TPSA) is 104 Å². The summed E-state index contributed by atoms with van der Waals surface area (Å²) in [5.41, 5.74) is 0. The minimum Gasteiger partial charge on any atom is -0.303 e. The molecule has 1 aromatic rings. The summed E-state index contributed by atoms with van der Waals surface area (Å²) in [4.78, 5) is 13.3. The van der Waals surface area contributed by atoms with Crippen molar-refractivity contribution in [2.45, 2.75) is 37.4 Å². The Kier molecular flexibility index (Phi) is 6.45. The number of sulfonamides is 1. The maximum absolute atomic E-state index is 12.1. The molecule has 0 unspecified atom stereocenters. The fourth-order valence-electron chi connectivity index (χ4n) is 2.38. The average molecular weight is 361 g/mol. The highest BCUT2D eigenvalue weighted by atomic mass is 32.2. The van der Waals surface area contributed by atoms with Crippen molar-refractivity contribution in [3.8, 4) is 0 Å². The van der Waals surface area contributed by atoms with E-state index in [1.54, 1.807) is 0 Å². The number of nitrogens with zero attached hydrogens (tertiary/aromatic N) is 3. The molecule has 0 radical (unpaired) electrons. The van der Waals surface area contributed by atoms with Crippen LogP contribution in [0.25, 0.3) is 0 Å². The molecule has 2 heterocycles. The van der Waals surface area contributed by atoms with Crippen LogP contribution in [0.5, 0.6) is 0 Å². The van der Waals surface area contributed by atoms with Crippen molar-refractivity contribution in [1.82, 2.24) is 19.8 Å². The summed E-state index contributed by atoms with van der Waals surface area (Å²) in [6.07, 6.45) is 3.18. The molecule has 0 saturated carbocycles. The van der Waals surface area contributed by atoms with E-state index in [0.717, 1.165) is 43.3 Å². The monoisotopic (exact) mass is 361 g/mol. The second-order valence-electron chi connectivity index (χ2n) is 5.83. The van der Waals surface area contributed by atoms with Crippen LogP contribution in [-0.2, 0) is 14.8 Å². The highest BCUT2D eigenvalue weighted by Crippen LogP contribution is 2.19. The van der Waals surface area contributed by atoms with E-state index in [-0.39, 0.29) is 15.4 Å². The summed E-state index contributed by atoms with van der Waals surface area (Å²) in [5.74, 6) is 0.480. The van der Waals surface area contributed by atoms with Gasteiger partial charge in [0, 0.05) is 13.5 Å². The number of anilines is 1. The number of carbonyl (C=O) groups excluding carboxylic acids is 1. The molecule has 0 atom stereocenters. The highest BCUT2D eigenvalue weighted by Gasteiger charge is 2.20. The van der Waals surface area contributed by atoms with Crippen molar-refractivity contribution in [3.05, 3.63) is 0 Å². The van der Waals surface area contributed by atoms with Crippen LogP contribution < -0.4 is 10.0 Å². The lowest BCUT2D eigenvalue weighted by molar-refractivity contribution is -0.114. The van der Waals surface area contributed by atoms with Crippen LogP contribution in [0, 0.1) is 5.92 Å². The zero-order valence-electron chi connectivity index (χ0n) is 13.4. The number of nitrogens with one attached hydrogen (secondary N) is 2. The molecule has 2 N–H and O–H groups in total. The largest absolute Gasteiger partial charge is 0.303 e. The summed E-state index contributed by atoms with van der Waals surface area (Å²) >= 11 is 0.839. The second kappa shape index (κ2) is 8.13. The molecule has 1 saturated heterocycles. The Morgan fingerprint density at radius 2 is 2.04 bits per heavy atom. The van der Waals surface area contributed by atoms with Crippen molar-refractivity contribution in [1.29, 1.82) is 0 Å².